The van der Waals surface area contributed by atoms with Crippen LogP contribution in [-0.2, 0) is 18.8 Å². The van der Waals surface area contributed by atoms with Gasteiger partial charge in [-0.05, 0) is 47.1 Å². The Morgan fingerprint density at radius 2 is 1.88 bits per heavy atom. The van der Waals surface area contributed by atoms with Gasteiger partial charge >= 0.3 is 13.1 Å². The molecule has 24 heavy (non-hydrogen) atoms. The van der Waals surface area contributed by atoms with Crippen molar-refractivity contribution in [2.45, 2.75) is 64.8 Å². The number of carbonyl (C=O) groups is 1. The second-order valence-electron chi connectivity index (χ2n) is 7.06. The fourth-order valence-electron chi connectivity index (χ4n) is 2.27. The van der Waals surface area contributed by atoms with Crippen LogP contribution in [0.4, 0.5) is 0 Å². The second kappa shape index (κ2) is 7.11. The molecule has 1 aromatic rings. The van der Waals surface area contributed by atoms with E-state index in [1.54, 1.807) is 12.3 Å². The molecule has 0 aromatic carbocycles. The van der Waals surface area contributed by atoms with Gasteiger partial charge in [0.05, 0.1) is 24.4 Å². The summed E-state index contributed by atoms with van der Waals surface area (Å²) < 4.78 is 22.3. The van der Waals surface area contributed by atoms with Gasteiger partial charge in [0.2, 0.25) is 5.88 Å². The van der Waals surface area contributed by atoms with Crippen LogP contribution in [0.15, 0.2) is 18.3 Å². The van der Waals surface area contributed by atoms with Crippen molar-refractivity contribution in [2.75, 3.05) is 7.11 Å². The molecular formula is C17H26BNO5. The number of pyridine rings is 1. The van der Waals surface area contributed by atoms with Gasteiger partial charge in [-0.15, -0.1) is 0 Å². The van der Waals surface area contributed by atoms with Gasteiger partial charge in [-0.1, -0.05) is 6.07 Å². The standard InChI is InChI=1S/C17H26BNO5/c1-12(7-10-15(20)21-6)22-14-9-8-13(11-19-14)18-23-16(2,3)17(4,5)24-18/h8-9,11-12H,7,10H2,1-6H3. The Kier molecular flexibility index (Phi) is 5.55. The second-order valence-corrected chi connectivity index (χ2v) is 7.06. The lowest BCUT2D eigenvalue weighted by molar-refractivity contribution is -0.141. The minimum absolute atomic E-state index is 0.126. The van der Waals surface area contributed by atoms with Gasteiger partial charge in [-0.2, -0.15) is 0 Å². The molecule has 0 saturated carbocycles. The molecule has 0 N–H and O–H groups in total. The lowest BCUT2D eigenvalue weighted by Gasteiger charge is -2.32. The summed E-state index contributed by atoms with van der Waals surface area (Å²) in [4.78, 5) is 15.5. The molecule has 0 radical (unpaired) electrons. The Bertz CT molecular complexity index is 557. The van der Waals surface area contributed by atoms with Gasteiger partial charge in [-0.3, -0.25) is 4.79 Å². The number of rotatable bonds is 6. The maximum atomic E-state index is 11.1. The molecule has 1 atom stereocenters. The van der Waals surface area contributed by atoms with Crippen molar-refractivity contribution in [2.24, 2.45) is 0 Å². The highest BCUT2D eigenvalue weighted by atomic mass is 16.7. The Morgan fingerprint density at radius 3 is 2.38 bits per heavy atom. The number of hydrogen-bond acceptors (Lipinski definition) is 6. The predicted molar refractivity (Wildman–Crippen MR) is 91.3 cm³/mol. The van der Waals surface area contributed by atoms with Gasteiger partial charge in [0.25, 0.3) is 0 Å². The van der Waals surface area contributed by atoms with Crippen molar-refractivity contribution >= 4 is 18.6 Å². The predicted octanol–water partition coefficient (Wildman–Crippen LogP) is 2.10. The van der Waals surface area contributed by atoms with Crippen LogP contribution in [0.1, 0.15) is 47.5 Å². The van der Waals surface area contributed by atoms with Crippen molar-refractivity contribution in [3.8, 4) is 5.88 Å². The van der Waals surface area contributed by atoms with Crippen LogP contribution in [0, 0.1) is 0 Å². The summed E-state index contributed by atoms with van der Waals surface area (Å²) in [5.74, 6) is 0.266. The van der Waals surface area contributed by atoms with Gasteiger partial charge in [0.15, 0.2) is 0 Å². The first-order valence-electron chi connectivity index (χ1n) is 8.19. The third-order valence-electron chi connectivity index (χ3n) is 4.59. The maximum absolute atomic E-state index is 11.1. The molecular weight excluding hydrogens is 309 g/mol. The molecule has 1 aliphatic heterocycles. The molecule has 1 unspecified atom stereocenters. The molecule has 7 heteroatoms. The van der Waals surface area contributed by atoms with Crippen LogP contribution in [0.5, 0.6) is 5.88 Å². The number of methoxy groups -OCH3 is 1. The van der Waals surface area contributed by atoms with E-state index in [2.05, 4.69) is 9.72 Å². The topological polar surface area (TPSA) is 66.9 Å². The van der Waals surface area contributed by atoms with E-state index in [0.29, 0.717) is 18.7 Å². The highest BCUT2D eigenvalue weighted by molar-refractivity contribution is 6.62. The van der Waals surface area contributed by atoms with Crippen LogP contribution in [0.25, 0.3) is 0 Å². The van der Waals surface area contributed by atoms with E-state index < -0.39 is 7.12 Å². The van der Waals surface area contributed by atoms with Crippen LogP contribution in [0.2, 0.25) is 0 Å². The summed E-state index contributed by atoms with van der Waals surface area (Å²) in [7, 11) is 0.942. The van der Waals surface area contributed by atoms with Crippen molar-refractivity contribution < 1.29 is 23.6 Å². The summed E-state index contributed by atoms with van der Waals surface area (Å²) in [6, 6.07) is 3.67. The number of ether oxygens (including phenoxy) is 2. The third kappa shape index (κ3) is 4.27. The lowest BCUT2D eigenvalue weighted by Crippen LogP contribution is -2.41. The van der Waals surface area contributed by atoms with Gasteiger partial charge in [-0.25, -0.2) is 4.98 Å². The Hall–Kier alpha value is -1.60. The summed E-state index contributed by atoms with van der Waals surface area (Å²) >= 11 is 0. The molecule has 6 nitrogen and oxygen atoms in total. The third-order valence-corrected chi connectivity index (χ3v) is 4.59. The molecule has 0 bridgehead atoms. The maximum Gasteiger partial charge on any atom is 0.496 e. The lowest BCUT2D eigenvalue weighted by atomic mass is 9.80. The fourth-order valence-corrected chi connectivity index (χ4v) is 2.27. The number of hydrogen-bond donors (Lipinski definition) is 0. The summed E-state index contributed by atoms with van der Waals surface area (Å²) in [6.45, 7) is 9.95. The summed E-state index contributed by atoms with van der Waals surface area (Å²) in [6.07, 6.45) is 2.47. The average molecular weight is 335 g/mol. The van der Waals surface area contributed by atoms with Crippen molar-refractivity contribution in [1.29, 1.82) is 0 Å². The molecule has 0 aliphatic carbocycles. The van der Waals surface area contributed by atoms with E-state index in [9.17, 15) is 4.79 Å². The van der Waals surface area contributed by atoms with Crippen molar-refractivity contribution in [3.63, 3.8) is 0 Å². The monoisotopic (exact) mass is 335 g/mol. The SMILES string of the molecule is COC(=O)CCC(C)Oc1ccc(B2OC(C)(C)C(C)(C)O2)cn1. The quantitative estimate of drug-likeness (QED) is 0.586. The summed E-state index contributed by atoms with van der Waals surface area (Å²) in [5, 5.41) is 0. The molecule has 0 amide bonds. The van der Waals surface area contributed by atoms with Crippen molar-refractivity contribution in [3.05, 3.63) is 18.3 Å². The zero-order valence-corrected chi connectivity index (χ0v) is 15.3. The van der Waals surface area contributed by atoms with E-state index in [4.69, 9.17) is 14.0 Å². The smallest absolute Gasteiger partial charge is 0.475 e. The van der Waals surface area contributed by atoms with E-state index in [0.717, 1.165) is 5.46 Å². The normalized spacial score (nSPS) is 19.8. The largest absolute Gasteiger partial charge is 0.496 e. The summed E-state index contributed by atoms with van der Waals surface area (Å²) in [5.41, 5.74) is 0.0908. The molecule has 1 aliphatic rings. The van der Waals surface area contributed by atoms with E-state index in [1.807, 2.05) is 40.7 Å². The first-order valence-corrected chi connectivity index (χ1v) is 8.19. The minimum atomic E-state index is -0.437. The van der Waals surface area contributed by atoms with E-state index in [1.165, 1.54) is 7.11 Å². The van der Waals surface area contributed by atoms with E-state index >= 15 is 0 Å². The number of esters is 1. The number of carbonyl (C=O) groups excluding carboxylic acids is 1. The molecule has 1 aromatic heterocycles. The Balaban J connectivity index is 1.93. The highest BCUT2D eigenvalue weighted by Crippen LogP contribution is 2.36. The Morgan fingerprint density at radius 1 is 1.25 bits per heavy atom. The zero-order chi connectivity index (χ0) is 18.0. The number of aromatic nitrogens is 1. The molecule has 2 heterocycles. The fraction of sp³-hybridized carbons (Fsp3) is 0.647. The highest BCUT2D eigenvalue weighted by Gasteiger charge is 2.51. The average Bonchev–Trinajstić information content (AvgIpc) is 2.73. The molecule has 1 saturated heterocycles. The first kappa shape index (κ1) is 18.7. The minimum Gasteiger partial charge on any atom is -0.475 e. The molecule has 0 spiro atoms. The molecule has 1 fully saturated rings. The Labute approximate surface area is 144 Å². The van der Waals surface area contributed by atoms with Crippen LogP contribution in [-0.4, -0.2) is 42.5 Å². The van der Waals surface area contributed by atoms with Gasteiger partial charge in [0.1, 0.15) is 0 Å². The van der Waals surface area contributed by atoms with Crippen LogP contribution in [0.3, 0.4) is 0 Å². The number of nitrogens with zero attached hydrogens (tertiary/aromatic N) is 1. The van der Waals surface area contributed by atoms with Crippen molar-refractivity contribution in [1.82, 2.24) is 4.98 Å². The molecule has 2 rings (SSSR count). The molecule has 132 valence electrons. The van der Waals surface area contributed by atoms with E-state index in [-0.39, 0.29) is 23.3 Å². The first-order chi connectivity index (χ1) is 11.1. The van der Waals surface area contributed by atoms with Crippen LogP contribution < -0.4 is 10.2 Å². The van der Waals surface area contributed by atoms with Gasteiger partial charge in [0, 0.05) is 18.1 Å². The van der Waals surface area contributed by atoms with Crippen LogP contribution >= 0.6 is 0 Å². The van der Waals surface area contributed by atoms with Gasteiger partial charge < -0.3 is 18.8 Å². The zero-order valence-electron chi connectivity index (χ0n) is 15.3.